The average molecular weight is 332 g/mol. The van der Waals surface area contributed by atoms with Gasteiger partial charge < -0.3 is 4.90 Å². The molecule has 1 fully saturated rings. The third-order valence-electron chi connectivity index (χ3n) is 3.62. The van der Waals surface area contributed by atoms with Crippen LogP contribution in [0.25, 0.3) is 0 Å². The Morgan fingerprint density at radius 2 is 1.82 bits per heavy atom. The van der Waals surface area contributed by atoms with Crippen LogP contribution in [0.5, 0.6) is 0 Å². The largest absolute Gasteiger partial charge is 0.401 e. The summed E-state index contributed by atoms with van der Waals surface area (Å²) in [6, 6.07) is 7.30. The van der Waals surface area contributed by atoms with Crippen LogP contribution in [0.4, 0.5) is 13.2 Å². The highest BCUT2D eigenvalue weighted by Crippen LogP contribution is 2.19. The van der Waals surface area contributed by atoms with E-state index in [0.717, 1.165) is 4.90 Å². The lowest BCUT2D eigenvalue weighted by molar-refractivity contribution is -0.145. The molecule has 7 heteroatoms. The number of hydrogen-bond acceptors (Lipinski definition) is 3. The molecule has 1 aliphatic rings. The first kappa shape index (κ1) is 17.1. The van der Waals surface area contributed by atoms with Crippen LogP contribution in [0.2, 0.25) is 0 Å². The Morgan fingerprint density at radius 1 is 1.14 bits per heavy atom. The van der Waals surface area contributed by atoms with Crippen LogP contribution in [0.1, 0.15) is 16.8 Å². The molecular weight excluding hydrogens is 313 g/mol. The van der Waals surface area contributed by atoms with E-state index >= 15 is 0 Å². The summed E-state index contributed by atoms with van der Waals surface area (Å²) < 4.78 is 37.3. The summed E-state index contributed by atoms with van der Waals surface area (Å²) in [5.41, 5.74) is 0.585. The molecule has 0 bridgehead atoms. The minimum absolute atomic E-state index is 0.110. The molecule has 0 atom stereocenters. The zero-order valence-corrected chi connectivity index (χ0v) is 13.2. The van der Waals surface area contributed by atoms with Gasteiger partial charge in [-0.25, -0.2) is 0 Å². The van der Waals surface area contributed by atoms with Gasteiger partial charge in [-0.05, 0) is 36.9 Å². The summed E-state index contributed by atoms with van der Waals surface area (Å²) in [5.74, 6) is -0.110. The van der Waals surface area contributed by atoms with E-state index in [0.29, 0.717) is 31.6 Å². The van der Waals surface area contributed by atoms with Crippen LogP contribution >= 0.6 is 11.8 Å². The lowest BCUT2D eigenvalue weighted by Gasteiger charge is -2.22. The van der Waals surface area contributed by atoms with Crippen molar-refractivity contribution in [2.75, 3.05) is 39.0 Å². The van der Waals surface area contributed by atoms with E-state index in [9.17, 15) is 18.0 Å². The summed E-state index contributed by atoms with van der Waals surface area (Å²) in [5, 5.41) is 0. The van der Waals surface area contributed by atoms with Crippen molar-refractivity contribution in [2.45, 2.75) is 17.5 Å². The van der Waals surface area contributed by atoms with Crippen molar-refractivity contribution in [3.8, 4) is 0 Å². The van der Waals surface area contributed by atoms with Gasteiger partial charge in [0.05, 0.1) is 6.54 Å². The van der Waals surface area contributed by atoms with Gasteiger partial charge in [0.15, 0.2) is 0 Å². The molecular formula is C15H19F3N2OS. The summed E-state index contributed by atoms with van der Waals surface area (Å²) in [6.07, 6.45) is -1.67. The van der Waals surface area contributed by atoms with Crippen molar-refractivity contribution in [3.05, 3.63) is 29.8 Å². The predicted molar refractivity (Wildman–Crippen MR) is 81.2 cm³/mol. The van der Waals surface area contributed by atoms with Gasteiger partial charge in [0.25, 0.3) is 5.91 Å². The maximum Gasteiger partial charge on any atom is 0.401 e. The molecule has 1 saturated heterocycles. The molecule has 1 aromatic carbocycles. The quantitative estimate of drug-likeness (QED) is 0.795. The second-order valence-corrected chi connectivity index (χ2v) is 6.15. The number of carbonyl (C=O) groups excluding carboxylic acids is 1. The Kier molecular flexibility index (Phi) is 5.74. The van der Waals surface area contributed by atoms with Crippen LogP contribution in [0.15, 0.2) is 29.2 Å². The number of carbonyl (C=O) groups is 1. The van der Waals surface area contributed by atoms with Crippen LogP contribution in [0.3, 0.4) is 0 Å². The van der Waals surface area contributed by atoms with Crippen molar-refractivity contribution in [3.63, 3.8) is 0 Å². The summed E-state index contributed by atoms with van der Waals surface area (Å²) in [6.45, 7) is 0.553. The molecule has 0 unspecified atom stereocenters. The monoisotopic (exact) mass is 332 g/mol. The smallest absolute Gasteiger partial charge is 0.337 e. The Morgan fingerprint density at radius 3 is 2.41 bits per heavy atom. The third-order valence-corrected chi connectivity index (χ3v) is 4.36. The molecule has 122 valence electrons. The first-order valence-corrected chi connectivity index (χ1v) is 8.34. The van der Waals surface area contributed by atoms with E-state index in [2.05, 4.69) is 0 Å². The Bertz CT molecular complexity index is 505. The molecule has 1 aliphatic heterocycles. The SMILES string of the molecule is CSc1ccc(C(=O)N2CCCN(CC(F)(F)F)CC2)cc1. The number of hydrogen-bond donors (Lipinski definition) is 0. The molecule has 1 amide bonds. The molecule has 22 heavy (non-hydrogen) atoms. The third kappa shape index (κ3) is 4.91. The van der Waals surface area contributed by atoms with Crippen LogP contribution in [-0.4, -0.2) is 60.9 Å². The number of rotatable bonds is 3. The van der Waals surface area contributed by atoms with Gasteiger partial charge in [-0.2, -0.15) is 13.2 Å². The molecule has 3 nitrogen and oxygen atoms in total. The van der Waals surface area contributed by atoms with E-state index in [1.165, 1.54) is 4.90 Å². The molecule has 2 rings (SSSR count). The molecule has 1 aromatic rings. The first-order chi connectivity index (χ1) is 10.4. The van der Waals surface area contributed by atoms with Gasteiger partial charge in [0, 0.05) is 36.6 Å². The lowest BCUT2D eigenvalue weighted by atomic mass is 10.2. The van der Waals surface area contributed by atoms with Crippen molar-refractivity contribution < 1.29 is 18.0 Å². The van der Waals surface area contributed by atoms with Gasteiger partial charge in [-0.15, -0.1) is 11.8 Å². The fraction of sp³-hybridized carbons (Fsp3) is 0.533. The number of amides is 1. The van der Waals surface area contributed by atoms with E-state index in [1.54, 1.807) is 28.8 Å². The first-order valence-electron chi connectivity index (χ1n) is 7.11. The fourth-order valence-corrected chi connectivity index (χ4v) is 2.91. The fourth-order valence-electron chi connectivity index (χ4n) is 2.50. The van der Waals surface area contributed by atoms with Gasteiger partial charge in [-0.1, -0.05) is 0 Å². The van der Waals surface area contributed by atoms with Crippen LogP contribution in [-0.2, 0) is 0 Å². The molecule has 0 spiro atoms. The molecule has 0 aromatic heterocycles. The van der Waals surface area contributed by atoms with Gasteiger partial charge in [0.1, 0.15) is 0 Å². The lowest BCUT2D eigenvalue weighted by Crippen LogP contribution is -2.38. The highest BCUT2D eigenvalue weighted by Gasteiger charge is 2.31. The summed E-state index contributed by atoms with van der Waals surface area (Å²) in [7, 11) is 0. The zero-order valence-electron chi connectivity index (χ0n) is 12.4. The van der Waals surface area contributed by atoms with E-state index < -0.39 is 12.7 Å². The van der Waals surface area contributed by atoms with Gasteiger partial charge in [-0.3, -0.25) is 9.69 Å². The second-order valence-electron chi connectivity index (χ2n) is 5.27. The number of thioether (sulfide) groups is 1. The highest BCUT2D eigenvalue weighted by atomic mass is 32.2. The molecule has 1 heterocycles. The van der Waals surface area contributed by atoms with E-state index in [-0.39, 0.29) is 12.5 Å². The minimum atomic E-state index is -4.19. The summed E-state index contributed by atoms with van der Waals surface area (Å²) >= 11 is 1.60. The topological polar surface area (TPSA) is 23.6 Å². The van der Waals surface area contributed by atoms with Crippen molar-refractivity contribution in [1.82, 2.24) is 9.80 Å². The van der Waals surface area contributed by atoms with Crippen LogP contribution < -0.4 is 0 Å². The maximum atomic E-state index is 12.4. The predicted octanol–water partition coefficient (Wildman–Crippen LogP) is 3.12. The second kappa shape index (κ2) is 7.37. The van der Waals surface area contributed by atoms with E-state index in [1.807, 2.05) is 18.4 Å². The number of benzene rings is 1. The maximum absolute atomic E-state index is 12.4. The Hall–Kier alpha value is -1.21. The Labute approximate surface area is 132 Å². The van der Waals surface area contributed by atoms with Crippen molar-refractivity contribution in [2.24, 2.45) is 0 Å². The minimum Gasteiger partial charge on any atom is -0.337 e. The molecule has 0 saturated carbocycles. The van der Waals surface area contributed by atoms with Crippen LogP contribution in [0, 0.1) is 0 Å². The highest BCUT2D eigenvalue weighted by molar-refractivity contribution is 7.98. The number of nitrogens with zero attached hydrogens (tertiary/aromatic N) is 2. The molecule has 0 radical (unpaired) electrons. The summed E-state index contributed by atoms with van der Waals surface area (Å²) in [4.78, 5) is 16.5. The van der Waals surface area contributed by atoms with Gasteiger partial charge in [0.2, 0.25) is 0 Å². The number of alkyl halides is 3. The van der Waals surface area contributed by atoms with Gasteiger partial charge >= 0.3 is 6.18 Å². The zero-order chi connectivity index (χ0) is 16.2. The number of halogens is 3. The standard InChI is InChI=1S/C15H19F3N2OS/c1-22-13-5-3-12(4-6-13)14(21)20-8-2-7-19(9-10-20)11-15(16,17)18/h3-6H,2,7-11H2,1H3. The van der Waals surface area contributed by atoms with Crippen molar-refractivity contribution in [1.29, 1.82) is 0 Å². The average Bonchev–Trinajstić information content (AvgIpc) is 2.70. The van der Waals surface area contributed by atoms with Crippen molar-refractivity contribution >= 4 is 17.7 Å². The van der Waals surface area contributed by atoms with E-state index in [4.69, 9.17) is 0 Å². The normalized spacial score (nSPS) is 17.4. The molecule has 0 N–H and O–H groups in total. The molecule has 0 aliphatic carbocycles. The Balaban J connectivity index is 1.96.